The molecule has 4 rings (SSSR count). The number of tetrazole rings is 1. The van der Waals surface area contributed by atoms with Crippen LogP contribution in [0.5, 0.6) is 0 Å². The maximum Gasteiger partial charge on any atom is 0.261 e. The molecule has 0 fully saturated rings. The number of benzene rings is 1. The highest BCUT2D eigenvalue weighted by atomic mass is 16.1. The lowest BCUT2D eigenvalue weighted by Gasteiger charge is -2.05. The average molecular weight is 306 g/mol. The molecule has 0 aliphatic carbocycles. The molecule has 0 aliphatic rings. The van der Waals surface area contributed by atoms with Crippen LogP contribution >= 0.6 is 0 Å². The molecule has 0 atom stereocenters. The van der Waals surface area contributed by atoms with Gasteiger partial charge in [-0.2, -0.15) is 10.3 Å². The summed E-state index contributed by atoms with van der Waals surface area (Å²) in [5.74, 6) is 0.169. The Morgan fingerprint density at radius 3 is 3.09 bits per heavy atom. The van der Waals surface area contributed by atoms with Gasteiger partial charge in [-0.05, 0) is 23.4 Å². The van der Waals surface area contributed by atoms with Crippen LogP contribution in [-0.4, -0.2) is 41.1 Å². The monoisotopic (exact) mass is 306 g/mol. The maximum absolute atomic E-state index is 12.4. The fraction of sp³-hybridized carbons (Fsp3) is 0. The van der Waals surface area contributed by atoms with Crippen molar-refractivity contribution in [3.8, 4) is 11.4 Å². The normalized spacial score (nSPS) is 10.8. The van der Waals surface area contributed by atoms with Crippen molar-refractivity contribution in [3.63, 3.8) is 0 Å². The average Bonchev–Trinajstić information content (AvgIpc) is 3.25. The molecule has 0 saturated heterocycles. The Morgan fingerprint density at radius 2 is 2.22 bits per heavy atom. The number of rotatable bonds is 3. The van der Waals surface area contributed by atoms with Crippen LogP contribution in [0.1, 0.15) is 10.4 Å². The van der Waals surface area contributed by atoms with E-state index in [1.165, 1.54) is 6.20 Å². The minimum atomic E-state index is -0.288. The lowest BCUT2D eigenvalue weighted by molar-refractivity contribution is 0.102. The summed E-state index contributed by atoms with van der Waals surface area (Å²) in [5.41, 5.74) is 2.26. The molecule has 9 nitrogen and oxygen atoms in total. The number of aromatic amines is 1. The summed E-state index contributed by atoms with van der Waals surface area (Å²) in [6.45, 7) is 0. The van der Waals surface area contributed by atoms with E-state index in [2.05, 4.69) is 36.0 Å². The molecule has 9 heteroatoms. The predicted molar refractivity (Wildman–Crippen MR) is 80.6 cm³/mol. The van der Waals surface area contributed by atoms with Crippen molar-refractivity contribution in [2.75, 3.05) is 5.32 Å². The minimum Gasteiger partial charge on any atom is -0.322 e. The first kappa shape index (κ1) is 13.1. The number of carbonyl (C=O) groups is 1. The zero-order valence-corrected chi connectivity index (χ0v) is 11.7. The Labute approximate surface area is 129 Å². The van der Waals surface area contributed by atoms with Gasteiger partial charge in [-0.1, -0.05) is 12.1 Å². The Bertz CT molecular complexity index is 975. The Balaban J connectivity index is 1.63. The second-order valence-electron chi connectivity index (χ2n) is 4.72. The molecule has 0 unspecified atom stereocenters. The molecule has 0 bridgehead atoms. The van der Waals surface area contributed by atoms with E-state index in [9.17, 15) is 4.79 Å². The second-order valence-corrected chi connectivity index (χ2v) is 4.72. The minimum absolute atomic E-state index is 0.288. The number of hydrogen-bond acceptors (Lipinski definition) is 6. The summed E-state index contributed by atoms with van der Waals surface area (Å²) in [7, 11) is 0. The van der Waals surface area contributed by atoms with Crippen molar-refractivity contribution in [1.29, 1.82) is 0 Å². The fourth-order valence-electron chi connectivity index (χ4n) is 2.21. The van der Waals surface area contributed by atoms with Gasteiger partial charge in [0.15, 0.2) is 5.65 Å². The van der Waals surface area contributed by atoms with Gasteiger partial charge in [0.1, 0.15) is 5.56 Å². The van der Waals surface area contributed by atoms with Crippen LogP contribution in [0.3, 0.4) is 0 Å². The number of anilines is 1. The summed E-state index contributed by atoms with van der Waals surface area (Å²) in [4.78, 5) is 16.6. The molecule has 2 N–H and O–H groups in total. The molecular formula is C14H10N8O. The number of amides is 1. The zero-order chi connectivity index (χ0) is 15.6. The first-order valence-corrected chi connectivity index (χ1v) is 6.75. The van der Waals surface area contributed by atoms with Gasteiger partial charge < -0.3 is 5.32 Å². The number of hydrogen-bond donors (Lipinski definition) is 2. The summed E-state index contributed by atoms with van der Waals surface area (Å²) in [6.07, 6.45) is 4.83. The van der Waals surface area contributed by atoms with Crippen LogP contribution in [0.15, 0.2) is 48.9 Å². The van der Waals surface area contributed by atoms with E-state index < -0.39 is 0 Å². The molecule has 0 radical (unpaired) electrons. The SMILES string of the molecule is O=C(Nc1cccc(-c2nn[nH]n2)c1)c1cnn2cccnc12. The first-order valence-electron chi connectivity index (χ1n) is 6.75. The third-order valence-corrected chi connectivity index (χ3v) is 3.25. The standard InChI is InChI=1S/C14H10N8O/c23-14(11-8-16-22-6-2-5-15-13(11)22)17-10-4-1-3-9(7-10)12-18-20-21-19-12/h1-8H,(H,17,23)(H,18,19,20,21). The van der Waals surface area contributed by atoms with Gasteiger partial charge in [0.05, 0.1) is 6.20 Å². The van der Waals surface area contributed by atoms with E-state index in [0.717, 1.165) is 5.56 Å². The number of H-pyrrole nitrogens is 1. The largest absolute Gasteiger partial charge is 0.322 e. The van der Waals surface area contributed by atoms with Gasteiger partial charge in [-0.15, -0.1) is 10.2 Å². The molecule has 23 heavy (non-hydrogen) atoms. The molecule has 4 aromatic rings. The zero-order valence-electron chi connectivity index (χ0n) is 11.7. The van der Waals surface area contributed by atoms with Crippen molar-refractivity contribution in [1.82, 2.24) is 35.2 Å². The third-order valence-electron chi connectivity index (χ3n) is 3.25. The topological polar surface area (TPSA) is 114 Å². The van der Waals surface area contributed by atoms with Crippen molar-refractivity contribution in [2.24, 2.45) is 0 Å². The summed E-state index contributed by atoms with van der Waals surface area (Å²) in [5, 5.41) is 20.7. The van der Waals surface area contributed by atoms with Gasteiger partial charge in [0, 0.05) is 23.6 Å². The van der Waals surface area contributed by atoms with Gasteiger partial charge in [-0.3, -0.25) is 4.79 Å². The van der Waals surface area contributed by atoms with Gasteiger partial charge in [-0.25, -0.2) is 9.50 Å². The molecule has 0 saturated carbocycles. The Kier molecular flexibility index (Phi) is 3.01. The lowest BCUT2D eigenvalue weighted by Crippen LogP contribution is -2.12. The van der Waals surface area contributed by atoms with Crippen LogP contribution in [-0.2, 0) is 0 Å². The summed E-state index contributed by atoms with van der Waals surface area (Å²) >= 11 is 0. The molecule has 3 aromatic heterocycles. The van der Waals surface area contributed by atoms with Crippen molar-refractivity contribution in [3.05, 3.63) is 54.5 Å². The number of nitrogens with one attached hydrogen (secondary N) is 2. The molecule has 1 amide bonds. The smallest absolute Gasteiger partial charge is 0.261 e. The van der Waals surface area contributed by atoms with Crippen LogP contribution in [0, 0.1) is 0 Å². The van der Waals surface area contributed by atoms with Gasteiger partial charge in [0.2, 0.25) is 5.82 Å². The summed E-state index contributed by atoms with van der Waals surface area (Å²) < 4.78 is 1.55. The van der Waals surface area contributed by atoms with Crippen LogP contribution in [0.4, 0.5) is 5.69 Å². The predicted octanol–water partition coefficient (Wildman–Crippen LogP) is 1.16. The van der Waals surface area contributed by atoms with Crippen LogP contribution < -0.4 is 5.32 Å². The quantitative estimate of drug-likeness (QED) is 0.587. The van der Waals surface area contributed by atoms with E-state index in [0.29, 0.717) is 22.7 Å². The highest BCUT2D eigenvalue weighted by molar-refractivity contribution is 6.08. The molecule has 0 aliphatic heterocycles. The van der Waals surface area contributed by atoms with Gasteiger partial charge >= 0.3 is 0 Å². The third kappa shape index (κ3) is 2.39. The Morgan fingerprint density at radius 1 is 1.26 bits per heavy atom. The number of carbonyl (C=O) groups excluding carboxylic acids is 1. The molecule has 112 valence electrons. The molecule has 1 aromatic carbocycles. The molecule has 3 heterocycles. The van der Waals surface area contributed by atoms with E-state index in [-0.39, 0.29) is 5.91 Å². The van der Waals surface area contributed by atoms with E-state index in [4.69, 9.17) is 0 Å². The highest BCUT2D eigenvalue weighted by Crippen LogP contribution is 2.19. The van der Waals surface area contributed by atoms with Crippen molar-refractivity contribution >= 4 is 17.2 Å². The Hall–Kier alpha value is -3.62. The highest BCUT2D eigenvalue weighted by Gasteiger charge is 2.14. The van der Waals surface area contributed by atoms with E-state index in [1.54, 1.807) is 41.2 Å². The van der Waals surface area contributed by atoms with Crippen LogP contribution in [0.25, 0.3) is 17.0 Å². The van der Waals surface area contributed by atoms with Crippen molar-refractivity contribution < 1.29 is 4.79 Å². The van der Waals surface area contributed by atoms with Gasteiger partial charge in [0.25, 0.3) is 5.91 Å². The first-order chi connectivity index (χ1) is 11.3. The second kappa shape index (κ2) is 5.30. The summed E-state index contributed by atoms with van der Waals surface area (Å²) in [6, 6.07) is 8.92. The maximum atomic E-state index is 12.4. The number of nitrogens with zero attached hydrogens (tertiary/aromatic N) is 6. The fourth-order valence-corrected chi connectivity index (χ4v) is 2.21. The van der Waals surface area contributed by atoms with Crippen LogP contribution in [0.2, 0.25) is 0 Å². The van der Waals surface area contributed by atoms with Crippen molar-refractivity contribution in [2.45, 2.75) is 0 Å². The number of fused-ring (bicyclic) bond motifs is 1. The van der Waals surface area contributed by atoms with E-state index in [1.807, 2.05) is 6.07 Å². The lowest BCUT2D eigenvalue weighted by atomic mass is 10.2. The molecular weight excluding hydrogens is 296 g/mol. The van der Waals surface area contributed by atoms with E-state index >= 15 is 0 Å². The molecule has 0 spiro atoms. The number of aromatic nitrogens is 7.